The molecule has 0 amide bonds. The first-order chi connectivity index (χ1) is 6.33. The van der Waals surface area contributed by atoms with Crippen LogP contribution in [0.4, 0.5) is 0 Å². The van der Waals surface area contributed by atoms with Gasteiger partial charge in [0.15, 0.2) is 0 Å². The van der Waals surface area contributed by atoms with E-state index in [0.29, 0.717) is 11.7 Å². The van der Waals surface area contributed by atoms with Gasteiger partial charge in [0.2, 0.25) is 0 Å². The summed E-state index contributed by atoms with van der Waals surface area (Å²) in [5, 5.41) is 9.58. The Morgan fingerprint density at radius 2 is 2.38 bits per heavy atom. The molecule has 1 N–H and O–H groups in total. The van der Waals surface area contributed by atoms with E-state index >= 15 is 0 Å². The number of phenols is 1. The molecular formula is C11H14O2. The van der Waals surface area contributed by atoms with Gasteiger partial charge in [-0.2, -0.15) is 0 Å². The van der Waals surface area contributed by atoms with Gasteiger partial charge in [-0.3, -0.25) is 0 Å². The Hall–Kier alpha value is -1.02. The maximum atomic E-state index is 9.58. The Balaban J connectivity index is 2.32. The van der Waals surface area contributed by atoms with E-state index in [0.717, 1.165) is 25.0 Å². The normalized spacial score (nSPS) is 20.2. The van der Waals surface area contributed by atoms with Gasteiger partial charge in [0, 0.05) is 13.0 Å². The Kier molecular flexibility index (Phi) is 2.23. The summed E-state index contributed by atoms with van der Waals surface area (Å²) in [4.78, 5) is 0. The predicted molar refractivity (Wildman–Crippen MR) is 51.0 cm³/mol. The Morgan fingerprint density at radius 3 is 3.15 bits per heavy atom. The van der Waals surface area contributed by atoms with E-state index in [-0.39, 0.29) is 0 Å². The van der Waals surface area contributed by atoms with E-state index in [4.69, 9.17) is 4.74 Å². The Labute approximate surface area is 78.2 Å². The van der Waals surface area contributed by atoms with E-state index < -0.39 is 0 Å². The van der Waals surface area contributed by atoms with Crippen molar-refractivity contribution in [2.45, 2.75) is 18.8 Å². The molecule has 13 heavy (non-hydrogen) atoms. The van der Waals surface area contributed by atoms with Gasteiger partial charge in [-0.1, -0.05) is 12.1 Å². The molecule has 0 saturated carbocycles. The summed E-state index contributed by atoms with van der Waals surface area (Å²) in [6.07, 6.45) is 2.08. The van der Waals surface area contributed by atoms with Crippen molar-refractivity contribution >= 4 is 0 Å². The van der Waals surface area contributed by atoms with Gasteiger partial charge < -0.3 is 9.84 Å². The van der Waals surface area contributed by atoms with Gasteiger partial charge in [-0.05, 0) is 30.0 Å². The van der Waals surface area contributed by atoms with Crippen LogP contribution in [0.3, 0.4) is 0 Å². The molecule has 2 nitrogen and oxygen atoms in total. The van der Waals surface area contributed by atoms with Crippen LogP contribution >= 0.6 is 0 Å². The first-order valence-electron chi connectivity index (χ1n) is 4.62. The second kappa shape index (κ2) is 3.38. The third-order valence-corrected chi connectivity index (χ3v) is 2.74. The van der Waals surface area contributed by atoms with E-state index in [1.54, 1.807) is 13.2 Å². The van der Waals surface area contributed by atoms with Gasteiger partial charge in [0.05, 0.1) is 6.61 Å². The van der Waals surface area contributed by atoms with Gasteiger partial charge >= 0.3 is 0 Å². The molecule has 2 rings (SSSR count). The van der Waals surface area contributed by atoms with E-state index in [1.807, 2.05) is 6.07 Å². The van der Waals surface area contributed by atoms with Crippen molar-refractivity contribution in [2.24, 2.45) is 0 Å². The second-order valence-corrected chi connectivity index (χ2v) is 3.54. The fourth-order valence-electron chi connectivity index (χ4n) is 2.10. The second-order valence-electron chi connectivity index (χ2n) is 3.54. The molecular weight excluding hydrogens is 164 g/mol. The number of ether oxygens (including phenoxy) is 1. The third-order valence-electron chi connectivity index (χ3n) is 2.74. The zero-order valence-corrected chi connectivity index (χ0v) is 7.79. The van der Waals surface area contributed by atoms with Gasteiger partial charge in [0.25, 0.3) is 0 Å². The molecule has 2 heteroatoms. The van der Waals surface area contributed by atoms with Gasteiger partial charge in [-0.25, -0.2) is 0 Å². The quantitative estimate of drug-likeness (QED) is 0.751. The highest BCUT2D eigenvalue weighted by Crippen LogP contribution is 2.37. The Bertz CT molecular complexity index is 307. The van der Waals surface area contributed by atoms with Gasteiger partial charge in [-0.15, -0.1) is 0 Å². The summed E-state index contributed by atoms with van der Waals surface area (Å²) in [6, 6.07) is 5.75. The van der Waals surface area contributed by atoms with Crippen molar-refractivity contribution in [2.75, 3.05) is 13.7 Å². The number of phenolic OH excluding ortho intramolecular Hbond substituents is 1. The largest absolute Gasteiger partial charge is 0.508 e. The van der Waals surface area contributed by atoms with E-state index in [1.165, 1.54) is 5.56 Å². The molecule has 1 unspecified atom stereocenters. The lowest BCUT2D eigenvalue weighted by atomic mass is 10.0. The van der Waals surface area contributed by atoms with Crippen LogP contribution in [-0.2, 0) is 11.2 Å². The molecule has 1 aromatic carbocycles. The van der Waals surface area contributed by atoms with Crippen LogP contribution in [-0.4, -0.2) is 18.8 Å². The van der Waals surface area contributed by atoms with E-state index in [9.17, 15) is 5.11 Å². The van der Waals surface area contributed by atoms with Crippen LogP contribution in [0.5, 0.6) is 5.75 Å². The van der Waals surface area contributed by atoms with Crippen molar-refractivity contribution in [3.05, 3.63) is 29.3 Å². The molecule has 0 saturated heterocycles. The fourth-order valence-corrected chi connectivity index (χ4v) is 2.10. The molecule has 1 aliphatic rings. The number of rotatable bonds is 2. The maximum Gasteiger partial charge on any atom is 0.119 e. The highest BCUT2D eigenvalue weighted by Gasteiger charge is 2.23. The summed E-state index contributed by atoms with van der Waals surface area (Å²) in [5.41, 5.74) is 2.38. The lowest BCUT2D eigenvalue weighted by Crippen LogP contribution is -2.01. The van der Waals surface area contributed by atoms with Crippen molar-refractivity contribution in [3.8, 4) is 5.75 Å². The molecule has 1 atom stereocenters. The molecule has 0 aliphatic heterocycles. The summed E-state index contributed by atoms with van der Waals surface area (Å²) in [5.74, 6) is 0.920. The number of hydrogen-bond donors (Lipinski definition) is 1. The molecule has 70 valence electrons. The van der Waals surface area contributed by atoms with Crippen LogP contribution in [0.2, 0.25) is 0 Å². The molecule has 1 aromatic rings. The first kappa shape index (κ1) is 8.57. The highest BCUT2D eigenvalue weighted by molar-refractivity contribution is 5.44. The van der Waals surface area contributed by atoms with Crippen molar-refractivity contribution in [3.63, 3.8) is 0 Å². The zero-order chi connectivity index (χ0) is 9.26. The van der Waals surface area contributed by atoms with Crippen molar-refractivity contribution in [1.82, 2.24) is 0 Å². The number of fused-ring (bicyclic) bond motifs is 1. The minimum absolute atomic E-state index is 0.441. The Morgan fingerprint density at radius 1 is 1.54 bits per heavy atom. The minimum Gasteiger partial charge on any atom is -0.508 e. The lowest BCUT2D eigenvalue weighted by Gasteiger charge is -2.09. The minimum atomic E-state index is 0.441. The first-order valence-corrected chi connectivity index (χ1v) is 4.62. The van der Waals surface area contributed by atoms with Crippen LogP contribution in [0.1, 0.15) is 23.5 Å². The lowest BCUT2D eigenvalue weighted by molar-refractivity contribution is 0.179. The number of aromatic hydroxyl groups is 1. The summed E-state index contributed by atoms with van der Waals surface area (Å²) < 4.78 is 5.14. The SMILES string of the molecule is COCC1CCc2c(O)cccc21. The standard InChI is InChI=1S/C11H14O2/c1-13-7-8-5-6-10-9(8)3-2-4-11(10)12/h2-4,8,12H,5-7H2,1H3. The smallest absolute Gasteiger partial charge is 0.119 e. The van der Waals surface area contributed by atoms with Crippen molar-refractivity contribution < 1.29 is 9.84 Å². The average Bonchev–Trinajstić information content (AvgIpc) is 2.51. The van der Waals surface area contributed by atoms with Crippen LogP contribution in [0.15, 0.2) is 18.2 Å². The average molecular weight is 178 g/mol. The molecule has 0 radical (unpaired) electrons. The molecule has 1 aliphatic carbocycles. The zero-order valence-electron chi connectivity index (χ0n) is 7.79. The molecule has 0 bridgehead atoms. The highest BCUT2D eigenvalue weighted by atomic mass is 16.5. The predicted octanol–water partition coefficient (Wildman–Crippen LogP) is 2.07. The number of methoxy groups -OCH3 is 1. The van der Waals surface area contributed by atoms with E-state index in [2.05, 4.69) is 6.07 Å². The summed E-state index contributed by atoms with van der Waals surface area (Å²) >= 11 is 0. The number of benzene rings is 1. The monoisotopic (exact) mass is 178 g/mol. The van der Waals surface area contributed by atoms with Gasteiger partial charge in [0.1, 0.15) is 5.75 Å². The summed E-state index contributed by atoms with van der Waals surface area (Å²) in [7, 11) is 1.72. The molecule has 0 spiro atoms. The van der Waals surface area contributed by atoms with Crippen LogP contribution in [0, 0.1) is 0 Å². The maximum absolute atomic E-state index is 9.58. The molecule has 0 aromatic heterocycles. The summed E-state index contributed by atoms with van der Waals surface area (Å²) in [6.45, 7) is 0.760. The molecule has 0 heterocycles. The third kappa shape index (κ3) is 1.42. The topological polar surface area (TPSA) is 29.5 Å². The number of hydrogen-bond acceptors (Lipinski definition) is 2. The van der Waals surface area contributed by atoms with Crippen molar-refractivity contribution in [1.29, 1.82) is 0 Å². The van der Waals surface area contributed by atoms with Crippen LogP contribution in [0.25, 0.3) is 0 Å². The molecule has 0 fully saturated rings. The van der Waals surface area contributed by atoms with Crippen LogP contribution < -0.4 is 0 Å². The fraction of sp³-hybridized carbons (Fsp3) is 0.455.